The second-order valence-electron chi connectivity index (χ2n) is 4.18. The van der Waals surface area contributed by atoms with Crippen LogP contribution >= 0.6 is 0 Å². The summed E-state index contributed by atoms with van der Waals surface area (Å²) >= 11 is -0.595. The molecule has 0 atom stereocenters. The van der Waals surface area contributed by atoms with Gasteiger partial charge in [-0.05, 0) is 6.42 Å². The topological polar surface area (TPSA) is 9.23 Å². The molecule has 0 amide bonds. The molecule has 18 heavy (non-hydrogen) atoms. The number of rotatable bonds is 0. The van der Waals surface area contributed by atoms with Crippen molar-refractivity contribution in [2.45, 2.75) is 36.8 Å². The van der Waals surface area contributed by atoms with Crippen molar-refractivity contribution < 1.29 is 25.5 Å². The molecular weight excluding hydrogens is 271 g/mol. The Morgan fingerprint density at radius 1 is 1.00 bits per heavy atom. The molecule has 3 heteroatoms. The van der Waals surface area contributed by atoms with Crippen LogP contribution in [0.3, 0.4) is 0 Å². The molecule has 3 rings (SSSR count). The fourth-order valence-corrected chi connectivity index (χ4v) is 3.18. The third-order valence-electron chi connectivity index (χ3n) is 2.58. The minimum Gasteiger partial charge on any atom is -0.501 e. The maximum atomic E-state index is 5.42. The fraction of sp³-hybridized carbons (Fsp3) is 0.467. The summed E-state index contributed by atoms with van der Waals surface area (Å²) < 4.78 is 5.42. The van der Waals surface area contributed by atoms with Crippen molar-refractivity contribution in [1.29, 1.82) is 0 Å². The molecule has 0 spiro atoms. The zero-order valence-electron chi connectivity index (χ0n) is 11.2. The minimum absolute atomic E-state index is 0. The Labute approximate surface area is 131 Å². The van der Waals surface area contributed by atoms with Crippen LogP contribution in [-0.4, -0.2) is 21.1 Å². The van der Waals surface area contributed by atoms with E-state index in [2.05, 4.69) is 30.1 Å². The molecule has 1 saturated heterocycles. The Balaban J connectivity index is 0.000000239. The van der Waals surface area contributed by atoms with Crippen LogP contribution < -0.4 is 0 Å². The molecule has 1 heterocycles. The molecule has 0 aromatic heterocycles. The molecule has 3 aliphatic rings. The monoisotopic (exact) mass is 292 g/mol. The van der Waals surface area contributed by atoms with E-state index in [9.17, 15) is 0 Å². The third-order valence-corrected chi connectivity index (χ3v) is 4.61. The molecule has 0 N–H and O–H groups in total. The number of hydrogen-bond acceptors (Lipinski definition) is 1. The van der Waals surface area contributed by atoms with Gasteiger partial charge < -0.3 is 3.79 Å². The number of allylic oxidation sites excluding steroid dienone is 8. The SMILES string of the molecule is [C-]1=CC=CC1.[C-]1=CC=CC1.[CH3][Al]1[CH2]CCC[O]1.[Ti+2]. The summed E-state index contributed by atoms with van der Waals surface area (Å²) in [4.78, 5) is 0. The van der Waals surface area contributed by atoms with Gasteiger partial charge in [0.15, 0.2) is 0 Å². The second-order valence-corrected chi connectivity index (χ2v) is 6.72. The maximum absolute atomic E-state index is 5.42. The first-order valence-corrected chi connectivity index (χ1v) is 8.89. The van der Waals surface area contributed by atoms with Gasteiger partial charge in [0.05, 0.1) is 0 Å². The fourth-order valence-electron chi connectivity index (χ4n) is 1.58. The molecule has 0 bridgehead atoms. The van der Waals surface area contributed by atoms with E-state index in [0.29, 0.717) is 0 Å². The van der Waals surface area contributed by atoms with Crippen LogP contribution in [0.15, 0.2) is 36.5 Å². The minimum atomic E-state index is -0.595. The predicted molar refractivity (Wildman–Crippen MR) is 74.8 cm³/mol. The van der Waals surface area contributed by atoms with Gasteiger partial charge in [0, 0.05) is 6.61 Å². The summed E-state index contributed by atoms with van der Waals surface area (Å²) in [6.45, 7) is 1.05. The van der Waals surface area contributed by atoms with E-state index in [-0.39, 0.29) is 21.7 Å². The molecule has 1 aliphatic heterocycles. The first-order chi connectivity index (χ1) is 8.39. The van der Waals surface area contributed by atoms with Gasteiger partial charge >= 0.3 is 36.2 Å². The van der Waals surface area contributed by atoms with Gasteiger partial charge in [-0.25, -0.2) is 24.3 Å². The van der Waals surface area contributed by atoms with E-state index < -0.39 is 14.5 Å². The van der Waals surface area contributed by atoms with Crippen LogP contribution in [0.1, 0.15) is 25.7 Å². The summed E-state index contributed by atoms with van der Waals surface area (Å²) in [5, 5.41) is 1.40. The Morgan fingerprint density at radius 2 is 1.61 bits per heavy atom. The van der Waals surface area contributed by atoms with Crippen molar-refractivity contribution in [1.82, 2.24) is 0 Å². The molecule has 2 aliphatic carbocycles. The molecule has 0 aromatic carbocycles. The van der Waals surface area contributed by atoms with Crippen molar-refractivity contribution >= 4 is 14.5 Å². The van der Waals surface area contributed by atoms with E-state index in [0.717, 1.165) is 19.4 Å². The first kappa shape index (κ1) is 18.2. The predicted octanol–water partition coefficient (Wildman–Crippen LogP) is 4.03. The van der Waals surface area contributed by atoms with E-state index in [4.69, 9.17) is 3.79 Å². The maximum Gasteiger partial charge on any atom is 2.00 e. The molecule has 1 fully saturated rings. The van der Waals surface area contributed by atoms with Crippen LogP contribution in [0.4, 0.5) is 0 Å². The Kier molecular flexibility index (Phi) is 13.7. The molecular formula is C15H21AlOTi. The van der Waals surface area contributed by atoms with E-state index in [1.54, 1.807) is 0 Å². The summed E-state index contributed by atoms with van der Waals surface area (Å²) in [6, 6.07) is 0. The summed E-state index contributed by atoms with van der Waals surface area (Å²) in [5.74, 6) is 2.28. The molecule has 0 aromatic rings. The van der Waals surface area contributed by atoms with Gasteiger partial charge in [-0.2, -0.15) is 12.2 Å². The largest absolute Gasteiger partial charge is 2.00 e. The quantitative estimate of drug-likeness (QED) is 0.484. The second kappa shape index (κ2) is 13.6. The van der Waals surface area contributed by atoms with Gasteiger partial charge in [-0.1, -0.05) is 17.5 Å². The van der Waals surface area contributed by atoms with Crippen LogP contribution in [0, 0.1) is 12.2 Å². The van der Waals surface area contributed by atoms with Crippen LogP contribution in [-0.2, 0) is 25.5 Å². The van der Waals surface area contributed by atoms with Gasteiger partial charge in [0.2, 0.25) is 0 Å². The smallest absolute Gasteiger partial charge is 0.501 e. The zero-order chi connectivity index (χ0) is 12.2. The van der Waals surface area contributed by atoms with Crippen molar-refractivity contribution in [3.63, 3.8) is 0 Å². The Bertz CT molecular complexity index is 247. The summed E-state index contributed by atoms with van der Waals surface area (Å²) in [6.07, 6.45) is 22.7. The van der Waals surface area contributed by atoms with Crippen molar-refractivity contribution in [2.24, 2.45) is 0 Å². The van der Waals surface area contributed by atoms with Crippen LogP contribution in [0.5, 0.6) is 0 Å². The first-order valence-electron chi connectivity index (χ1n) is 6.44. The summed E-state index contributed by atoms with van der Waals surface area (Å²) in [5.41, 5.74) is 0. The molecule has 0 radical (unpaired) electrons. The van der Waals surface area contributed by atoms with Gasteiger partial charge in [-0.15, -0.1) is 12.8 Å². The molecule has 94 valence electrons. The van der Waals surface area contributed by atoms with Gasteiger partial charge in [0.25, 0.3) is 0 Å². The van der Waals surface area contributed by atoms with Crippen molar-refractivity contribution in [3.05, 3.63) is 48.6 Å². The van der Waals surface area contributed by atoms with E-state index >= 15 is 0 Å². The average Bonchev–Trinajstić information content (AvgIpc) is 3.09. The summed E-state index contributed by atoms with van der Waals surface area (Å²) in [7, 11) is 0. The molecule has 1 nitrogen and oxygen atoms in total. The van der Waals surface area contributed by atoms with E-state index in [1.807, 2.05) is 24.3 Å². The molecule has 0 unspecified atom stereocenters. The van der Waals surface area contributed by atoms with Crippen molar-refractivity contribution in [3.8, 4) is 0 Å². The van der Waals surface area contributed by atoms with Crippen LogP contribution in [0.25, 0.3) is 0 Å². The van der Waals surface area contributed by atoms with Crippen molar-refractivity contribution in [2.75, 3.05) is 6.61 Å². The molecule has 0 saturated carbocycles. The zero-order valence-corrected chi connectivity index (χ0v) is 13.9. The standard InChI is InChI=1S/2C5H5.C4H8O.CH3.Al.Ti/c2*1-2-4-5-3-1;1-2-3-4-5;;;/h2*1-3H,4H2;1-4H2;1H3;;/q3*-1;;+1;+2. The average molecular weight is 292 g/mol. The van der Waals surface area contributed by atoms with Gasteiger partial charge in [-0.3, -0.25) is 12.2 Å². The van der Waals surface area contributed by atoms with E-state index in [1.165, 1.54) is 18.1 Å². The normalized spacial score (nSPS) is 18.6. The third kappa shape index (κ3) is 11.3. The Morgan fingerprint density at radius 3 is 1.78 bits per heavy atom. The van der Waals surface area contributed by atoms with Gasteiger partial charge in [0.1, 0.15) is 0 Å². The van der Waals surface area contributed by atoms with Crippen LogP contribution in [0.2, 0.25) is 11.1 Å². The number of hydrogen-bond donors (Lipinski definition) is 0. The Hall–Kier alpha value is 0.167.